The summed E-state index contributed by atoms with van der Waals surface area (Å²) >= 11 is 0. The van der Waals surface area contributed by atoms with Gasteiger partial charge < -0.3 is 9.84 Å². The van der Waals surface area contributed by atoms with Crippen molar-refractivity contribution in [2.24, 2.45) is 11.3 Å². The van der Waals surface area contributed by atoms with E-state index in [1.807, 2.05) is 0 Å². The standard InChI is InChI=1S/C10H18O2/c1-9(2)6-10(3)8(12-10)7(9)4-5-11/h7-8,11H,4-6H2,1-3H3. The molecular formula is C10H18O2. The molecule has 2 aliphatic rings. The van der Waals surface area contributed by atoms with E-state index < -0.39 is 0 Å². The Bertz CT molecular complexity index is 200. The number of ether oxygens (including phenoxy) is 1. The van der Waals surface area contributed by atoms with Crippen molar-refractivity contribution in [3.8, 4) is 0 Å². The molecule has 0 aromatic rings. The smallest absolute Gasteiger partial charge is 0.0928 e. The highest BCUT2D eigenvalue weighted by Gasteiger charge is 2.66. The molecule has 1 aliphatic carbocycles. The summed E-state index contributed by atoms with van der Waals surface area (Å²) in [7, 11) is 0. The third kappa shape index (κ3) is 1.01. The van der Waals surface area contributed by atoms with E-state index in [0.29, 0.717) is 24.0 Å². The summed E-state index contributed by atoms with van der Waals surface area (Å²) in [6.45, 7) is 7.06. The first-order valence-corrected chi connectivity index (χ1v) is 4.78. The molecule has 0 amide bonds. The summed E-state index contributed by atoms with van der Waals surface area (Å²) in [5, 5.41) is 8.92. The van der Waals surface area contributed by atoms with E-state index in [2.05, 4.69) is 20.8 Å². The highest BCUT2D eigenvalue weighted by molar-refractivity contribution is 5.14. The van der Waals surface area contributed by atoms with Crippen LogP contribution < -0.4 is 0 Å². The molecule has 12 heavy (non-hydrogen) atoms. The lowest BCUT2D eigenvalue weighted by Gasteiger charge is -2.29. The second-order valence-electron chi connectivity index (χ2n) is 5.14. The summed E-state index contributed by atoms with van der Waals surface area (Å²) in [5.74, 6) is 0.562. The lowest BCUT2D eigenvalue weighted by Crippen LogP contribution is -2.24. The van der Waals surface area contributed by atoms with Crippen LogP contribution in [0.15, 0.2) is 0 Å². The molecule has 1 heterocycles. The first-order valence-electron chi connectivity index (χ1n) is 4.78. The van der Waals surface area contributed by atoms with Gasteiger partial charge in [0, 0.05) is 6.61 Å². The molecule has 1 saturated heterocycles. The van der Waals surface area contributed by atoms with Crippen molar-refractivity contribution in [3.63, 3.8) is 0 Å². The zero-order chi connectivity index (χ0) is 8.98. The fourth-order valence-electron chi connectivity index (χ4n) is 3.03. The lowest BCUT2D eigenvalue weighted by molar-refractivity contribution is 0.0900. The first-order chi connectivity index (χ1) is 5.49. The second kappa shape index (κ2) is 2.24. The quantitative estimate of drug-likeness (QED) is 0.638. The molecule has 2 nitrogen and oxygen atoms in total. The highest BCUT2D eigenvalue weighted by atomic mass is 16.6. The number of epoxide rings is 1. The van der Waals surface area contributed by atoms with E-state index in [4.69, 9.17) is 9.84 Å². The maximum atomic E-state index is 8.92. The van der Waals surface area contributed by atoms with Crippen LogP contribution in [0, 0.1) is 11.3 Å². The van der Waals surface area contributed by atoms with Gasteiger partial charge in [-0.3, -0.25) is 0 Å². The summed E-state index contributed by atoms with van der Waals surface area (Å²) in [6.07, 6.45) is 2.47. The van der Waals surface area contributed by atoms with Crippen LogP contribution in [-0.2, 0) is 4.74 Å². The zero-order valence-corrected chi connectivity index (χ0v) is 8.13. The average Bonchev–Trinajstić information content (AvgIpc) is 2.49. The van der Waals surface area contributed by atoms with Gasteiger partial charge in [0.1, 0.15) is 0 Å². The summed E-state index contributed by atoms with van der Waals surface area (Å²) in [6, 6.07) is 0. The van der Waals surface area contributed by atoms with Crippen LogP contribution in [0.5, 0.6) is 0 Å². The van der Waals surface area contributed by atoms with Crippen molar-refractivity contribution in [1.82, 2.24) is 0 Å². The topological polar surface area (TPSA) is 32.8 Å². The summed E-state index contributed by atoms with van der Waals surface area (Å²) < 4.78 is 5.63. The molecule has 2 fully saturated rings. The molecule has 1 saturated carbocycles. The monoisotopic (exact) mass is 170 g/mol. The van der Waals surface area contributed by atoms with Crippen LogP contribution in [0.2, 0.25) is 0 Å². The number of fused-ring (bicyclic) bond motifs is 1. The Labute approximate surface area is 73.9 Å². The van der Waals surface area contributed by atoms with Crippen LogP contribution in [0.25, 0.3) is 0 Å². The third-order valence-corrected chi connectivity index (χ3v) is 3.56. The maximum Gasteiger partial charge on any atom is 0.0928 e. The molecule has 2 rings (SSSR count). The van der Waals surface area contributed by atoms with Gasteiger partial charge in [-0.25, -0.2) is 0 Å². The van der Waals surface area contributed by atoms with Gasteiger partial charge in [-0.1, -0.05) is 13.8 Å². The molecule has 0 bridgehead atoms. The van der Waals surface area contributed by atoms with Gasteiger partial charge in [0.05, 0.1) is 11.7 Å². The number of aliphatic hydroxyl groups is 1. The van der Waals surface area contributed by atoms with Crippen molar-refractivity contribution < 1.29 is 9.84 Å². The number of hydrogen-bond donors (Lipinski definition) is 1. The third-order valence-electron chi connectivity index (χ3n) is 3.56. The van der Waals surface area contributed by atoms with Crippen molar-refractivity contribution >= 4 is 0 Å². The molecule has 70 valence electrons. The van der Waals surface area contributed by atoms with Gasteiger partial charge in [-0.2, -0.15) is 0 Å². The molecule has 0 spiro atoms. The fraction of sp³-hybridized carbons (Fsp3) is 1.00. The second-order valence-corrected chi connectivity index (χ2v) is 5.14. The minimum atomic E-state index is 0.156. The van der Waals surface area contributed by atoms with E-state index in [-0.39, 0.29) is 5.60 Å². The SMILES string of the molecule is CC1(C)CC2(C)OC2C1CCO. The van der Waals surface area contributed by atoms with Crippen LogP contribution in [0.4, 0.5) is 0 Å². The molecule has 3 atom stereocenters. The molecule has 1 N–H and O–H groups in total. The van der Waals surface area contributed by atoms with Gasteiger partial charge in [0.25, 0.3) is 0 Å². The van der Waals surface area contributed by atoms with E-state index in [0.717, 1.165) is 12.8 Å². The van der Waals surface area contributed by atoms with Gasteiger partial charge in [0.2, 0.25) is 0 Å². The molecule has 1 aliphatic heterocycles. The Kier molecular flexibility index (Phi) is 1.59. The number of hydrogen-bond acceptors (Lipinski definition) is 2. The Hall–Kier alpha value is -0.0800. The molecule has 0 radical (unpaired) electrons. The van der Waals surface area contributed by atoms with Gasteiger partial charge in [-0.15, -0.1) is 0 Å². The van der Waals surface area contributed by atoms with E-state index in [9.17, 15) is 0 Å². The van der Waals surface area contributed by atoms with E-state index >= 15 is 0 Å². The minimum Gasteiger partial charge on any atom is -0.396 e. The van der Waals surface area contributed by atoms with Crippen molar-refractivity contribution in [1.29, 1.82) is 0 Å². The number of aliphatic hydroxyl groups excluding tert-OH is 1. The van der Waals surface area contributed by atoms with Crippen LogP contribution in [-0.4, -0.2) is 23.4 Å². The average molecular weight is 170 g/mol. The van der Waals surface area contributed by atoms with E-state index in [1.165, 1.54) is 0 Å². The van der Waals surface area contributed by atoms with Crippen LogP contribution in [0.3, 0.4) is 0 Å². The van der Waals surface area contributed by atoms with Crippen molar-refractivity contribution in [3.05, 3.63) is 0 Å². The van der Waals surface area contributed by atoms with Gasteiger partial charge in [-0.05, 0) is 31.1 Å². The molecular weight excluding hydrogens is 152 g/mol. The maximum absolute atomic E-state index is 8.92. The predicted molar refractivity (Wildman–Crippen MR) is 46.9 cm³/mol. The Balaban J connectivity index is 2.11. The Morgan fingerprint density at radius 1 is 1.42 bits per heavy atom. The first kappa shape index (κ1) is 8.52. The largest absolute Gasteiger partial charge is 0.396 e. The normalized spacial score (nSPS) is 49.0. The molecule has 3 unspecified atom stereocenters. The molecule has 0 aromatic carbocycles. The minimum absolute atomic E-state index is 0.156. The van der Waals surface area contributed by atoms with Gasteiger partial charge in [0.15, 0.2) is 0 Å². The lowest BCUT2D eigenvalue weighted by atomic mass is 9.79. The van der Waals surface area contributed by atoms with Crippen molar-refractivity contribution in [2.75, 3.05) is 6.61 Å². The number of rotatable bonds is 2. The molecule has 2 heteroatoms. The van der Waals surface area contributed by atoms with Gasteiger partial charge >= 0.3 is 0 Å². The Morgan fingerprint density at radius 2 is 2.08 bits per heavy atom. The predicted octanol–water partition coefficient (Wildman–Crippen LogP) is 1.57. The van der Waals surface area contributed by atoms with Crippen molar-refractivity contribution in [2.45, 2.75) is 45.3 Å². The Morgan fingerprint density at radius 3 is 2.50 bits per heavy atom. The van der Waals surface area contributed by atoms with E-state index in [1.54, 1.807) is 0 Å². The van der Waals surface area contributed by atoms with Crippen LogP contribution in [0.1, 0.15) is 33.6 Å². The zero-order valence-electron chi connectivity index (χ0n) is 8.13. The van der Waals surface area contributed by atoms with Crippen LogP contribution >= 0.6 is 0 Å². The molecule has 0 aromatic heterocycles. The highest BCUT2D eigenvalue weighted by Crippen LogP contribution is 2.61. The summed E-state index contributed by atoms with van der Waals surface area (Å²) in [5.41, 5.74) is 0.518. The summed E-state index contributed by atoms with van der Waals surface area (Å²) in [4.78, 5) is 0. The fourth-order valence-corrected chi connectivity index (χ4v) is 3.03.